The van der Waals surface area contributed by atoms with Gasteiger partial charge < -0.3 is 10.4 Å². The first kappa shape index (κ1) is 13.4. The van der Waals surface area contributed by atoms with Crippen LogP contribution in [0.5, 0.6) is 0 Å². The number of pyridine rings is 1. The number of hydrogen-bond donors (Lipinski definition) is 2. The summed E-state index contributed by atoms with van der Waals surface area (Å²) in [6.07, 6.45) is 5.27. The third kappa shape index (κ3) is 3.05. The molecule has 20 heavy (non-hydrogen) atoms. The first-order chi connectivity index (χ1) is 9.58. The number of anilines is 1. The lowest BCUT2D eigenvalue weighted by molar-refractivity contribution is -0.116. The second kappa shape index (κ2) is 5.74. The number of carbonyl (C=O) groups excluding carboxylic acids is 1. The third-order valence-corrected chi connectivity index (χ3v) is 2.42. The maximum atomic E-state index is 11.8. The maximum absolute atomic E-state index is 11.8. The fraction of sp³-hybridized carbons (Fsp3) is 0.0833. The van der Waals surface area contributed by atoms with Gasteiger partial charge in [-0.05, 0) is 12.1 Å². The number of nitrogens with zero attached hydrogens (tertiary/aromatic N) is 3. The molecule has 0 saturated carbocycles. The van der Waals surface area contributed by atoms with Crippen LogP contribution in [0.15, 0.2) is 41.7 Å². The second-order valence-corrected chi connectivity index (χ2v) is 3.80. The minimum absolute atomic E-state index is 0.0712. The molecule has 8 nitrogen and oxygen atoms in total. The molecular formula is C12H10N4O4. The van der Waals surface area contributed by atoms with E-state index >= 15 is 0 Å². The van der Waals surface area contributed by atoms with Crippen molar-refractivity contribution < 1.29 is 14.7 Å². The fourth-order valence-corrected chi connectivity index (χ4v) is 1.53. The molecule has 8 heteroatoms. The van der Waals surface area contributed by atoms with E-state index in [0.29, 0.717) is 0 Å². The third-order valence-electron chi connectivity index (χ3n) is 2.42. The molecule has 0 saturated heterocycles. The number of carboxylic acid groups (broad SMARTS) is 1. The molecule has 1 amide bonds. The van der Waals surface area contributed by atoms with Crippen molar-refractivity contribution in [1.29, 1.82) is 0 Å². The predicted molar refractivity (Wildman–Crippen MR) is 68.3 cm³/mol. The highest BCUT2D eigenvalue weighted by atomic mass is 16.4. The van der Waals surface area contributed by atoms with Crippen molar-refractivity contribution in [3.63, 3.8) is 0 Å². The maximum Gasteiger partial charge on any atom is 0.347 e. The van der Waals surface area contributed by atoms with Crippen LogP contribution in [0, 0.1) is 0 Å². The molecule has 2 N–H and O–H groups in total. The standard InChI is InChI=1S/C12H10N4O4/c17-10(7-16-5-1-3-14-12(16)20)15-9-6-13-4-2-8(9)11(18)19/h1-6H,7H2,(H,15,17)(H,18,19). The molecule has 0 fully saturated rings. The van der Waals surface area contributed by atoms with Gasteiger partial charge in [0.2, 0.25) is 5.91 Å². The summed E-state index contributed by atoms with van der Waals surface area (Å²) < 4.78 is 1.10. The number of aromatic nitrogens is 3. The Balaban J connectivity index is 2.15. The Labute approximate surface area is 112 Å². The first-order valence-corrected chi connectivity index (χ1v) is 5.56. The van der Waals surface area contributed by atoms with Gasteiger partial charge in [0.05, 0.1) is 17.4 Å². The van der Waals surface area contributed by atoms with Crippen LogP contribution < -0.4 is 11.0 Å². The van der Waals surface area contributed by atoms with Gasteiger partial charge in [0.1, 0.15) is 6.54 Å². The first-order valence-electron chi connectivity index (χ1n) is 5.56. The van der Waals surface area contributed by atoms with Gasteiger partial charge in [-0.25, -0.2) is 14.6 Å². The minimum atomic E-state index is -1.18. The van der Waals surface area contributed by atoms with Crippen molar-refractivity contribution in [3.8, 4) is 0 Å². The summed E-state index contributed by atoms with van der Waals surface area (Å²) in [5, 5.41) is 11.4. The van der Waals surface area contributed by atoms with Gasteiger partial charge in [-0.3, -0.25) is 14.3 Å². The molecule has 0 aliphatic carbocycles. The topological polar surface area (TPSA) is 114 Å². The summed E-state index contributed by atoms with van der Waals surface area (Å²) in [5.41, 5.74) is -0.568. The van der Waals surface area contributed by atoms with Crippen LogP contribution in [0.25, 0.3) is 0 Å². The van der Waals surface area contributed by atoms with E-state index in [9.17, 15) is 14.4 Å². The Morgan fingerprint density at radius 3 is 2.85 bits per heavy atom. The van der Waals surface area contributed by atoms with Gasteiger partial charge in [0.25, 0.3) is 0 Å². The molecule has 0 atom stereocenters. The molecule has 102 valence electrons. The van der Waals surface area contributed by atoms with Crippen molar-refractivity contribution in [2.75, 3.05) is 5.32 Å². The Bertz CT molecular complexity index is 710. The van der Waals surface area contributed by atoms with E-state index in [4.69, 9.17) is 5.11 Å². The largest absolute Gasteiger partial charge is 0.478 e. The van der Waals surface area contributed by atoms with Crippen molar-refractivity contribution in [1.82, 2.24) is 14.5 Å². The van der Waals surface area contributed by atoms with Crippen molar-refractivity contribution in [2.45, 2.75) is 6.54 Å². The van der Waals surface area contributed by atoms with Crippen LogP contribution >= 0.6 is 0 Å². The summed E-state index contributed by atoms with van der Waals surface area (Å²) in [7, 11) is 0. The van der Waals surface area contributed by atoms with E-state index in [1.807, 2.05) is 0 Å². The van der Waals surface area contributed by atoms with Crippen molar-refractivity contribution in [2.24, 2.45) is 0 Å². The molecule has 2 heterocycles. The smallest absolute Gasteiger partial charge is 0.347 e. The fourth-order valence-electron chi connectivity index (χ4n) is 1.53. The van der Waals surface area contributed by atoms with Crippen molar-refractivity contribution >= 4 is 17.6 Å². The molecule has 2 aromatic heterocycles. The van der Waals surface area contributed by atoms with E-state index in [1.54, 1.807) is 0 Å². The molecular weight excluding hydrogens is 264 g/mol. The molecule has 0 spiro atoms. The van der Waals surface area contributed by atoms with Crippen LogP contribution in [0.4, 0.5) is 5.69 Å². The Morgan fingerprint density at radius 2 is 2.15 bits per heavy atom. The molecule has 0 radical (unpaired) electrons. The number of amides is 1. The predicted octanol–water partition coefficient (Wildman–Crippen LogP) is -0.0248. The summed E-state index contributed by atoms with van der Waals surface area (Å²) in [5.74, 6) is -1.73. The molecule has 0 aliphatic rings. The highest BCUT2D eigenvalue weighted by Crippen LogP contribution is 2.12. The number of rotatable bonds is 4. The zero-order chi connectivity index (χ0) is 14.5. The molecule has 0 aliphatic heterocycles. The van der Waals surface area contributed by atoms with Gasteiger partial charge in [0.15, 0.2) is 0 Å². The Kier molecular flexibility index (Phi) is 3.85. The van der Waals surface area contributed by atoms with Gasteiger partial charge in [-0.15, -0.1) is 0 Å². The summed E-state index contributed by atoms with van der Waals surface area (Å²) in [4.78, 5) is 41.4. The van der Waals surface area contributed by atoms with E-state index in [0.717, 1.165) is 4.57 Å². The Hall–Kier alpha value is -3.03. The number of carbonyl (C=O) groups is 2. The SMILES string of the molecule is O=C(Cn1cccnc1=O)Nc1cnccc1C(=O)O. The molecule has 2 rings (SSSR count). The van der Waals surface area contributed by atoms with E-state index in [2.05, 4.69) is 15.3 Å². The van der Waals surface area contributed by atoms with Crippen LogP contribution in [0.3, 0.4) is 0 Å². The number of nitrogens with one attached hydrogen (secondary N) is 1. The number of aromatic carboxylic acids is 1. The summed E-state index contributed by atoms with van der Waals surface area (Å²) in [6.45, 7) is -0.263. The number of hydrogen-bond acceptors (Lipinski definition) is 5. The molecule has 2 aromatic rings. The lowest BCUT2D eigenvalue weighted by Crippen LogP contribution is -2.28. The highest BCUT2D eigenvalue weighted by Gasteiger charge is 2.12. The van der Waals surface area contributed by atoms with E-state index in [-0.39, 0.29) is 17.8 Å². The zero-order valence-corrected chi connectivity index (χ0v) is 10.2. The van der Waals surface area contributed by atoms with Crippen LogP contribution in [-0.4, -0.2) is 31.5 Å². The average molecular weight is 274 g/mol. The van der Waals surface area contributed by atoms with Crippen LogP contribution in [-0.2, 0) is 11.3 Å². The van der Waals surface area contributed by atoms with Gasteiger partial charge in [0, 0.05) is 18.6 Å². The summed E-state index contributed by atoms with van der Waals surface area (Å²) in [6, 6.07) is 2.79. The summed E-state index contributed by atoms with van der Waals surface area (Å²) >= 11 is 0. The minimum Gasteiger partial charge on any atom is -0.478 e. The lowest BCUT2D eigenvalue weighted by Gasteiger charge is -2.08. The highest BCUT2D eigenvalue weighted by molar-refractivity contribution is 6.00. The normalized spacial score (nSPS) is 10.0. The molecule has 0 aromatic carbocycles. The number of carboxylic acids is 1. The van der Waals surface area contributed by atoms with Gasteiger partial charge in [-0.1, -0.05) is 0 Å². The zero-order valence-electron chi connectivity index (χ0n) is 10.2. The monoisotopic (exact) mass is 274 g/mol. The average Bonchev–Trinajstić information content (AvgIpc) is 2.41. The quantitative estimate of drug-likeness (QED) is 0.809. The van der Waals surface area contributed by atoms with Gasteiger partial charge >= 0.3 is 11.7 Å². The van der Waals surface area contributed by atoms with Gasteiger partial charge in [-0.2, -0.15) is 0 Å². The second-order valence-electron chi connectivity index (χ2n) is 3.80. The van der Waals surface area contributed by atoms with Crippen LogP contribution in [0.2, 0.25) is 0 Å². The molecule has 0 unspecified atom stereocenters. The van der Waals surface area contributed by atoms with E-state index < -0.39 is 17.6 Å². The molecule has 0 bridgehead atoms. The van der Waals surface area contributed by atoms with Crippen LogP contribution in [0.1, 0.15) is 10.4 Å². The Morgan fingerprint density at radius 1 is 1.35 bits per heavy atom. The lowest BCUT2D eigenvalue weighted by atomic mass is 10.2. The van der Waals surface area contributed by atoms with Crippen molar-refractivity contribution in [3.05, 3.63) is 53.0 Å². The van der Waals surface area contributed by atoms with E-state index in [1.165, 1.54) is 36.9 Å².